The Bertz CT molecular complexity index is 920. The van der Waals surface area contributed by atoms with Gasteiger partial charge in [-0.2, -0.15) is 5.10 Å². The lowest BCUT2D eigenvalue weighted by atomic mass is 10.1. The highest BCUT2D eigenvalue weighted by molar-refractivity contribution is 7.80. The fourth-order valence-electron chi connectivity index (χ4n) is 2.78. The van der Waals surface area contributed by atoms with Crippen LogP contribution in [0.15, 0.2) is 54.7 Å². The van der Waals surface area contributed by atoms with E-state index in [1.807, 2.05) is 12.1 Å². The van der Waals surface area contributed by atoms with Crippen molar-refractivity contribution in [2.45, 2.75) is 32.7 Å². The minimum Gasteiger partial charge on any atom is -0.332 e. The lowest BCUT2D eigenvalue weighted by Gasteiger charge is -2.10. The molecule has 0 fully saturated rings. The standard InChI is InChI=1S/C21H22ClFN4S/c1-2-3-5-15-8-10-16(11-9-15)24-21(28)25-20-12-13-27(26-20)14-17-18(22)6-4-7-19(17)23/h4,6-13H,2-3,5,14H2,1H3,(H2,24,25,26,28). The van der Waals surface area contributed by atoms with Gasteiger partial charge in [0, 0.05) is 28.5 Å². The molecule has 0 spiro atoms. The van der Waals surface area contributed by atoms with Crippen molar-refractivity contribution in [2.75, 3.05) is 10.6 Å². The second kappa shape index (κ2) is 9.66. The largest absolute Gasteiger partial charge is 0.332 e. The average Bonchev–Trinajstić information content (AvgIpc) is 3.11. The van der Waals surface area contributed by atoms with Crippen LogP contribution in [0.2, 0.25) is 5.02 Å². The van der Waals surface area contributed by atoms with E-state index in [0.29, 0.717) is 21.5 Å². The number of nitrogens with one attached hydrogen (secondary N) is 2. The number of unbranched alkanes of at least 4 members (excludes halogenated alkanes) is 1. The number of rotatable bonds is 7. The predicted octanol–water partition coefficient (Wildman–Crippen LogP) is 5.88. The molecule has 2 aromatic carbocycles. The summed E-state index contributed by atoms with van der Waals surface area (Å²) in [7, 11) is 0. The van der Waals surface area contributed by atoms with Crippen molar-refractivity contribution in [1.29, 1.82) is 0 Å². The van der Waals surface area contributed by atoms with Crippen molar-refractivity contribution in [1.82, 2.24) is 9.78 Å². The number of aryl methyl sites for hydroxylation is 1. The Hall–Kier alpha value is -2.44. The summed E-state index contributed by atoms with van der Waals surface area (Å²) in [5.41, 5.74) is 2.63. The smallest absolute Gasteiger partial charge is 0.176 e. The summed E-state index contributed by atoms with van der Waals surface area (Å²) >= 11 is 11.4. The molecule has 7 heteroatoms. The first kappa shape index (κ1) is 20.3. The third-order valence-corrected chi connectivity index (χ3v) is 4.85. The Morgan fingerprint density at radius 2 is 1.93 bits per heavy atom. The van der Waals surface area contributed by atoms with Gasteiger partial charge in [-0.25, -0.2) is 4.39 Å². The highest BCUT2D eigenvalue weighted by Gasteiger charge is 2.09. The van der Waals surface area contributed by atoms with E-state index < -0.39 is 0 Å². The van der Waals surface area contributed by atoms with Gasteiger partial charge in [0.2, 0.25) is 0 Å². The molecule has 3 rings (SSSR count). The van der Waals surface area contributed by atoms with Crippen LogP contribution in [0.4, 0.5) is 15.9 Å². The highest BCUT2D eigenvalue weighted by Crippen LogP contribution is 2.20. The van der Waals surface area contributed by atoms with E-state index in [1.54, 1.807) is 29.1 Å². The summed E-state index contributed by atoms with van der Waals surface area (Å²) < 4.78 is 15.5. The SMILES string of the molecule is CCCCc1ccc(NC(=S)Nc2ccn(Cc3c(F)cccc3Cl)n2)cc1. The maximum absolute atomic E-state index is 13.9. The van der Waals surface area contributed by atoms with Gasteiger partial charge in [0.25, 0.3) is 0 Å². The molecule has 0 saturated heterocycles. The third-order valence-electron chi connectivity index (χ3n) is 4.29. The van der Waals surface area contributed by atoms with Crippen molar-refractivity contribution in [3.05, 3.63) is 76.7 Å². The number of hydrogen-bond acceptors (Lipinski definition) is 2. The molecular weight excluding hydrogens is 395 g/mol. The second-order valence-electron chi connectivity index (χ2n) is 6.48. The zero-order valence-electron chi connectivity index (χ0n) is 15.6. The van der Waals surface area contributed by atoms with Crippen LogP contribution in [-0.4, -0.2) is 14.9 Å². The Kier molecular flexibility index (Phi) is 7.01. The van der Waals surface area contributed by atoms with Gasteiger partial charge in [-0.1, -0.05) is 43.1 Å². The molecule has 3 aromatic rings. The molecule has 1 heterocycles. The Balaban J connectivity index is 1.56. The minimum absolute atomic E-state index is 0.243. The van der Waals surface area contributed by atoms with Gasteiger partial charge in [-0.15, -0.1) is 0 Å². The predicted molar refractivity (Wildman–Crippen MR) is 118 cm³/mol. The number of hydrogen-bond donors (Lipinski definition) is 2. The van der Waals surface area contributed by atoms with Gasteiger partial charge in [0.15, 0.2) is 10.9 Å². The molecule has 0 aliphatic carbocycles. The van der Waals surface area contributed by atoms with E-state index in [1.165, 1.54) is 24.5 Å². The van der Waals surface area contributed by atoms with E-state index in [0.717, 1.165) is 12.1 Å². The second-order valence-corrected chi connectivity index (χ2v) is 7.29. The average molecular weight is 417 g/mol. The molecule has 0 aliphatic heterocycles. The number of benzene rings is 2. The van der Waals surface area contributed by atoms with Gasteiger partial charge in [-0.05, 0) is 54.9 Å². The fraction of sp³-hybridized carbons (Fsp3) is 0.238. The van der Waals surface area contributed by atoms with Crippen LogP contribution in [0.1, 0.15) is 30.9 Å². The first-order valence-electron chi connectivity index (χ1n) is 9.18. The third kappa shape index (κ3) is 5.53. The van der Waals surface area contributed by atoms with Crippen LogP contribution >= 0.6 is 23.8 Å². The maximum atomic E-state index is 13.9. The molecule has 146 valence electrons. The summed E-state index contributed by atoms with van der Waals surface area (Å²) in [6.45, 7) is 2.43. The molecule has 0 bridgehead atoms. The number of thiocarbonyl (C=S) groups is 1. The van der Waals surface area contributed by atoms with Crippen molar-refractivity contribution in [3.8, 4) is 0 Å². The van der Waals surface area contributed by atoms with Crippen LogP contribution in [-0.2, 0) is 13.0 Å². The summed E-state index contributed by atoms with van der Waals surface area (Å²) in [4.78, 5) is 0. The molecule has 0 saturated carbocycles. The van der Waals surface area contributed by atoms with Crippen LogP contribution in [0.3, 0.4) is 0 Å². The van der Waals surface area contributed by atoms with Gasteiger partial charge >= 0.3 is 0 Å². The fourth-order valence-corrected chi connectivity index (χ4v) is 3.22. The zero-order valence-corrected chi connectivity index (χ0v) is 17.2. The molecule has 0 aliphatic rings. The van der Waals surface area contributed by atoms with Crippen molar-refractivity contribution in [2.24, 2.45) is 0 Å². The zero-order chi connectivity index (χ0) is 19.9. The first-order chi connectivity index (χ1) is 13.5. The van der Waals surface area contributed by atoms with E-state index in [4.69, 9.17) is 23.8 Å². The summed E-state index contributed by atoms with van der Waals surface area (Å²) in [6, 6.07) is 14.6. The van der Waals surface area contributed by atoms with Crippen molar-refractivity contribution < 1.29 is 4.39 Å². The number of halogens is 2. The van der Waals surface area contributed by atoms with Crippen LogP contribution in [0.5, 0.6) is 0 Å². The Labute approximate surface area is 174 Å². The molecule has 0 amide bonds. The van der Waals surface area contributed by atoms with Gasteiger partial charge < -0.3 is 10.6 Å². The van der Waals surface area contributed by atoms with Crippen molar-refractivity contribution >= 4 is 40.4 Å². The monoisotopic (exact) mass is 416 g/mol. The quantitative estimate of drug-likeness (QED) is 0.472. The summed E-state index contributed by atoms with van der Waals surface area (Å²) in [5, 5.41) is 11.4. The first-order valence-corrected chi connectivity index (χ1v) is 9.97. The number of aromatic nitrogens is 2. The highest BCUT2D eigenvalue weighted by atomic mass is 35.5. The van der Waals surface area contributed by atoms with Crippen LogP contribution in [0.25, 0.3) is 0 Å². The van der Waals surface area contributed by atoms with Crippen LogP contribution in [0, 0.1) is 5.82 Å². The normalized spacial score (nSPS) is 10.7. The van der Waals surface area contributed by atoms with E-state index in [9.17, 15) is 4.39 Å². The molecule has 0 radical (unpaired) electrons. The molecular formula is C21H22ClFN4S. The van der Waals surface area contributed by atoms with Crippen molar-refractivity contribution in [3.63, 3.8) is 0 Å². The molecule has 4 nitrogen and oxygen atoms in total. The molecule has 0 atom stereocenters. The molecule has 28 heavy (non-hydrogen) atoms. The Morgan fingerprint density at radius 3 is 2.64 bits per heavy atom. The number of anilines is 2. The van der Waals surface area contributed by atoms with E-state index in [-0.39, 0.29) is 12.4 Å². The lowest BCUT2D eigenvalue weighted by Crippen LogP contribution is -2.19. The van der Waals surface area contributed by atoms with Gasteiger partial charge in [0.05, 0.1) is 6.54 Å². The topological polar surface area (TPSA) is 41.9 Å². The summed E-state index contributed by atoms with van der Waals surface area (Å²) in [5.74, 6) is 0.224. The number of nitrogens with zero attached hydrogens (tertiary/aromatic N) is 2. The van der Waals surface area contributed by atoms with E-state index >= 15 is 0 Å². The summed E-state index contributed by atoms with van der Waals surface area (Å²) in [6.07, 6.45) is 5.20. The lowest BCUT2D eigenvalue weighted by molar-refractivity contribution is 0.586. The van der Waals surface area contributed by atoms with Gasteiger partial charge in [-0.3, -0.25) is 4.68 Å². The maximum Gasteiger partial charge on any atom is 0.176 e. The molecule has 0 unspecified atom stereocenters. The van der Waals surface area contributed by atoms with Gasteiger partial charge in [0.1, 0.15) is 5.82 Å². The minimum atomic E-state index is -0.350. The molecule has 2 N–H and O–H groups in total. The van der Waals surface area contributed by atoms with E-state index in [2.05, 4.69) is 34.8 Å². The molecule has 1 aromatic heterocycles. The Morgan fingerprint density at radius 1 is 1.14 bits per heavy atom. The van der Waals surface area contributed by atoms with Crippen LogP contribution < -0.4 is 10.6 Å².